The molecule has 0 amide bonds. The number of benzene rings is 1. The molecule has 5 nitrogen and oxygen atoms in total. The van der Waals surface area contributed by atoms with Crippen LogP contribution in [-0.4, -0.2) is 15.3 Å². The lowest BCUT2D eigenvalue weighted by atomic mass is 10.2. The third kappa shape index (κ3) is 2.22. The highest BCUT2D eigenvalue weighted by molar-refractivity contribution is 5.78. The Morgan fingerprint density at radius 2 is 1.94 bits per heavy atom. The van der Waals surface area contributed by atoms with Crippen LogP contribution >= 0.6 is 0 Å². The second kappa shape index (κ2) is 3.76. The van der Waals surface area contributed by atoms with E-state index in [1.54, 1.807) is 18.2 Å². The van der Waals surface area contributed by atoms with E-state index in [-0.39, 0.29) is 11.5 Å². The van der Waals surface area contributed by atoms with E-state index >= 15 is 0 Å². The number of para-hydroxylation sites is 1. The zero-order valence-electron chi connectivity index (χ0n) is 10.1. The van der Waals surface area contributed by atoms with Gasteiger partial charge in [-0.1, -0.05) is 12.1 Å². The van der Waals surface area contributed by atoms with E-state index in [0.29, 0.717) is 10.9 Å². The van der Waals surface area contributed by atoms with Crippen LogP contribution in [0.25, 0.3) is 10.9 Å². The molecule has 0 aliphatic heterocycles. The summed E-state index contributed by atoms with van der Waals surface area (Å²) in [5.74, 6) is 0.0589. The van der Waals surface area contributed by atoms with Crippen molar-refractivity contribution in [1.82, 2.24) is 9.71 Å². The fourth-order valence-electron chi connectivity index (χ4n) is 1.50. The molecule has 2 aromatic rings. The van der Waals surface area contributed by atoms with Crippen LogP contribution in [0.4, 0.5) is 5.95 Å². The molecule has 0 radical (unpaired) electrons. The number of fused-ring (bicyclic) bond motifs is 1. The molecule has 0 fully saturated rings. The predicted molar refractivity (Wildman–Crippen MR) is 66.7 cm³/mol. The van der Waals surface area contributed by atoms with Crippen LogP contribution in [0.1, 0.15) is 20.8 Å². The molecule has 0 saturated carbocycles. The molecule has 90 valence electrons. The van der Waals surface area contributed by atoms with Gasteiger partial charge in [-0.05, 0) is 32.9 Å². The van der Waals surface area contributed by atoms with Crippen LogP contribution in [0.2, 0.25) is 0 Å². The molecule has 0 spiro atoms. The van der Waals surface area contributed by atoms with Gasteiger partial charge in [0.05, 0.1) is 10.9 Å². The van der Waals surface area contributed by atoms with Gasteiger partial charge in [0.1, 0.15) is 5.60 Å². The Bertz CT molecular complexity index is 611. The maximum atomic E-state index is 12.1. The van der Waals surface area contributed by atoms with E-state index in [1.165, 1.54) is 0 Å². The average molecular weight is 233 g/mol. The molecule has 1 heterocycles. The minimum Gasteiger partial charge on any atom is -0.402 e. The molecule has 2 rings (SSSR count). The summed E-state index contributed by atoms with van der Waals surface area (Å²) in [5.41, 5.74) is 5.49. The van der Waals surface area contributed by atoms with E-state index in [4.69, 9.17) is 10.6 Å². The number of rotatable bonds is 1. The minimum atomic E-state index is -0.512. The molecule has 1 aromatic carbocycles. The molecule has 2 N–H and O–H groups in total. The Hall–Kier alpha value is -2.04. The van der Waals surface area contributed by atoms with Gasteiger partial charge in [-0.15, -0.1) is 4.73 Å². The summed E-state index contributed by atoms with van der Waals surface area (Å²) in [6.07, 6.45) is 0. The van der Waals surface area contributed by atoms with Gasteiger partial charge >= 0.3 is 0 Å². The van der Waals surface area contributed by atoms with Gasteiger partial charge < -0.3 is 10.6 Å². The van der Waals surface area contributed by atoms with Gasteiger partial charge in [0.25, 0.3) is 5.56 Å². The van der Waals surface area contributed by atoms with Gasteiger partial charge in [-0.2, -0.15) is 0 Å². The molecule has 1 aromatic heterocycles. The second-order valence-electron chi connectivity index (χ2n) is 4.79. The number of aromatic nitrogens is 2. The predicted octanol–water partition coefficient (Wildman–Crippen LogP) is 1.21. The number of nitrogens with two attached hydrogens (primary N) is 1. The highest BCUT2D eigenvalue weighted by Gasteiger charge is 2.17. The van der Waals surface area contributed by atoms with Gasteiger partial charge in [0.15, 0.2) is 0 Å². The summed E-state index contributed by atoms with van der Waals surface area (Å²) in [6.45, 7) is 5.52. The Morgan fingerprint density at radius 1 is 1.29 bits per heavy atom. The van der Waals surface area contributed by atoms with E-state index < -0.39 is 5.60 Å². The van der Waals surface area contributed by atoms with E-state index in [9.17, 15) is 4.79 Å². The summed E-state index contributed by atoms with van der Waals surface area (Å²) < 4.78 is 1.04. The van der Waals surface area contributed by atoms with Gasteiger partial charge in [0, 0.05) is 0 Å². The van der Waals surface area contributed by atoms with Gasteiger partial charge in [0.2, 0.25) is 5.95 Å². The number of hydrogen-bond acceptors (Lipinski definition) is 4. The first-order valence-electron chi connectivity index (χ1n) is 5.35. The standard InChI is InChI=1S/C12H15N3O2/c1-12(2,3)17-15-10(16)8-6-4-5-7-9(8)14-11(15)13/h4-7H,1-3H3,(H2,13,14). The molecular formula is C12H15N3O2. The smallest absolute Gasteiger partial charge is 0.295 e. The van der Waals surface area contributed by atoms with Crippen molar-refractivity contribution in [2.75, 3.05) is 5.73 Å². The lowest BCUT2D eigenvalue weighted by molar-refractivity contribution is -0.0174. The quantitative estimate of drug-likeness (QED) is 0.803. The maximum absolute atomic E-state index is 12.1. The average Bonchev–Trinajstić information content (AvgIpc) is 2.23. The van der Waals surface area contributed by atoms with Crippen molar-refractivity contribution in [3.8, 4) is 0 Å². The van der Waals surface area contributed by atoms with Crippen molar-refractivity contribution in [2.45, 2.75) is 26.4 Å². The lowest BCUT2D eigenvalue weighted by Gasteiger charge is -2.22. The molecular weight excluding hydrogens is 218 g/mol. The normalized spacial score (nSPS) is 11.7. The van der Waals surface area contributed by atoms with Crippen LogP contribution in [0.3, 0.4) is 0 Å². The molecule has 17 heavy (non-hydrogen) atoms. The maximum Gasteiger partial charge on any atom is 0.295 e. The monoisotopic (exact) mass is 233 g/mol. The highest BCUT2D eigenvalue weighted by Crippen LogP contribution is 2.10. The van der Waals surface area contributed by atoms with Crippen molar-refractivity contribution in [3.63, 3.8) is 0 Å². The third-order valence-corrected chi connectivity index (χ3v) is 2.13. The fraction of sp³-hybridized carbons (Fsp3) is 0.333. The van der Waals surface area contributed by atoms with Gasteiger partial charge in [-0.3, -0.25) is 4.79 Å². The second-order valence-corrected chi connectivity index (χ2v) is 4.79. The molecule has 5 heteroatoms. The summed E-state index contributed by atoms with van der Waals surface area (Å²) in [5, 5.41) is 0.492. The first kappa shape index (κ1) is 11.4. The van der Waals surface area contributed by atoms with Crippen LogP contribution in [0.5, 0.6) is 0 Å². The first-order valence-corrected chi connectivity index (χ1v) is 5.35. The summed E-state index contributed by atoms with van der Waals surface area (Å²) in [6, 6.07) is 7.04. The fourth-order valence-corrected chi connectivity index (χ4v) is 1.50. The largest absolute Gasteiger partial charge is 0.402 e. The minimum absolute atomic E-state index is 0.0589. The molecule has 0 atom stereocenters. The lowest BCUT2D eigenvalue weighted by Crippen LogP contribution is -2.39. The topological polar surface area (TPSA) is 70.1 Å². The van der Waals surface area contributed by atoms with Crippen LogP contribution in [0, 0.1) is 0 Å². The number of anilines is 1. The summed E-state index contributed by atoms with van der Waals surface area (Å²) in [4.78, 5) is 21.8. The Balaban J connectivity index is 2.68. The van der Waals surface area contributed by atoms with Gasteiger partial charge in [-0.25, -0.2) is 4.98 Å². The van der Waals surface area contributed by atoms with Crippen molar-refractivity contribution < 1.29 is 4.84 Å². The van der Waals surface area contributed by atoms with E-state index in [0.717, 1.165) is 4.73 Å². The molecule has 0 bridgehead atoms. The van der Waals surface area contributed by atoms with E-state index in [2.05, 4.69) is 4.98 Å². The molecule has 0 unspecified atom stereocenters. The van der Waals surface area contributed by atoms with Crippen molar-refractivity contribution in [3.05, 3.63) is 34.6 Å². The van der Waals surface area contributed by atoms with Crippen LogP contribution < -0.4 is 16.1 Å². The Labute approximate surface area is 98.8 Å². The zero-order chi connectivity index (χ0) is 12.6. The third-order valence-electron chi connectivity index (χ3n) is 2.13. The molecule has 0 aliphatic carbocycles. The number of hydrogen-bond donors (Lipinski definition) is 1. The molecule has 0 saturated heterocycles. The summed E-state index contributed by atoms with van der Waals surface area (Å²) >= 11 is 0. The van der Waals surface area contributed by atoms with Crippen molar-refractivity contribution in [1.29, 1.82) is 0 Å². The van der Waals surface area contributed by atoms with Crippen molar-refractivity contribution in [2.24, 2.45) is 0 Å². The summed E-state index contributed by atoms with van der Waals surface area (Å²) in [7, 11) is 0. The molecule has 0 aliphatic rings. The SMILES string of the molecule is CC(C)(C)On1c(N)nc2ccccc2c1=O. The zero-order valence-corrected chi connectivity index (χ0v) is 10.1. The van der Waals surface area contributed by atoms with Crippen LogP contribution in [-0.2, 0) is 0 Å². The Morgan fingerprint density at radius 3 is 2.59 bits per heavy atom. The first-order chi connectivity index (χ1) is 7.88. The number of nitrogen functional groups attached to an aromatic ring is 1. The van der Waals surface area contributed by atoms with Crippen molar-refractivity contribution >= 4 is 16.9 Å². The Kier molecular flexibility index (Phi) is 2.53. The van der Waals surface area contributed by atoms with E-state index in [1.807, 2.05) is 26.8 Å². The highest BCUT2D eigenvalue weighted by atomic mass is 16.7. The van der Waals surface area contributed by atoms with Crippen LogP contribution in [0.15, 0.2) is 29.1 Å². The number of nitrogens with zero attached hydrogens (tertiary/aromatic N) is 2.